The van der Waals surface area contributed by atoms with Crippen molar-refractivity contribution >= 4 is 5.97 Å². The largest absolute Gasteiger partial charge is 0.459 e. The first-order valence-corrected chi connectivity index (χ1v) is 21.9. The van der Waals surface area contributed by atoms with E-state index >= 15 is 0 Å². The molecule has 3 unspecified atom stereocenters. The second-order valence-corrected chi connectivity index (χ2v) is 19.2. The summed E-state index contributed by atoms with van der Waals surface area (Å²) in [6.45, 7) is 24.2. The number of nitrogens with zero attached hydrogens (tertiary/aromatic N) is 2. The molecule has 340 valence electrons. The third-order valence-electron chi connectivity index (χ3n) is 14.0. The summed E-state index contributed by atoms with van der Waals surface area (Å²) in [5.74, 6) is -2.53. The fourth-order valence-corrected chi connectivity index (χ4v) is 10.3. The molecule has 4 fully saturated rings. The summed E-state index contributed by atoms with van der Waals surface area (Å²) in [4.78, 5) is 18.7. The topological polar surface area (TPSA) is 181 Å². The second-order valence-electron chi connectivity index (χ2n) is 19.2. The first-order valence-electron chi connectivity index (χ1n) is 21.9. The molecule has 5 N–H and O–H groups in total. The molecule has 0 radical (unpaired) electrons. The van der Waals surface area contributed by atoms with E-state index in [0.29, 0.717) is 19.5 Å². The van der Waals surface area contributed by atoms with Gasteiger partial charge in [0.1, 0.15) is 41.3 Å². The van der Waals surface area contributed by atoms with Crippen LogP contribution in [0.4, 0.5) is 0 Å². The third-order valence-corrected chi connectivity index (χ3v) is 14.0. The summed E-state index contributed by atoms with van der Waals surface area (Å²) < 4.78 is 45.9. The number of likely N-dealkylation sites (N-methyl/N-ethyl adjacent to an activating group) is 1. The van der Waals surface area contributed by atoms with Crippen LogP contribution in [0.3, 0.4) is 0 Å². The van der Waals surface area contributed by atoms with Gasteiger partial charge in [0.2, 0.25) is 0 Å². The van der Waals surface area contributed by atoms with Crippen molar-refractivity contribution in [1.29, 1.82) is 0 Å². The van der Waals surface area contributed by atoms with Crippen LogP contribution in [0.25, 0.3) is 0 Å². The number of hydrogen-bond acceptors (Lipinski definition) is 15. The molecule has 15 nitrogen and oxygen atoms in total. The first-order chi connectivity index (χ1) is 26.9. The van der Waals surface area contributed by atoms with Crippen LogP contribution >= 0.6 is 0 Å². The lowest BCUT2D eigenvalue weighted by atomic mass is 9.75. The van der Waals surface area contributed by atoms with Gasteiger partial charge in [-0.05, 0) is 108 Å². The van der Waals surface area contributed by atoms with Crippen LogP contribution in [0.5, 0.6) is 0 Å². The molecule has 4 aliphatic heterocycles. The van der Waals surface area contributed by atoms with Crippen LogP contribution in [0, 0.1) is 17.8 Å². The van der Waals surface area contributed by atoms with Gasteiger partial charge in [-0.2, -0.15) is 0 Å². The SMILES string of the molecule is CCCN1CC2(OC1C)[C@H](C)OC(O[C@@H]1[C@H](C)[C@@H](O[C@@H]3O[C@H](C)C[C@H](N(C)C)[C@H]3O)[C@@](C)(O)C[C@@H](C)CN[C@@H](C)[C@@H](O)[C@](C)(O)[C@H](CC)OC(=O)[C@@H]1C)C[C@@]2(C)OC. The Morgan fingerprint density at radius 1 is 0.966 bits per heavy atom. The van der Waals surface area contributed by atoms with Gasteiger partial charge in [0, 0.05) is 44.6 Å². The second kappa shape index (κ2) is 19.6. The van der Waals surface area contributed by atoms with E-state index in [1.54, 1.807) is 34.8 Å². The van der Waals surface area contributed by atoms with Crippen LogP contribution in [-0.2, 0) is 38.0 Å². The lowest BCUT2D eigenvalue weighted by Crippen LogP contribution is -2.68. The van der Waals surface area contributed by atoms with Gasteiger partial charge in [0.15, 0.2) is 12.6 Å². The Morgan fingerprint density at radius 2 is 1.62 bits per heavy atom. The fourth-order valence-electron chi connectivity index (χ4n) is 10.3. The Morgan fingerprint density at radius 3 is 2.21 bits per heavy atom. The molecule has 4 saturated heterocycles. The van der Waals surface area contributed by atoms with E-state index in [1.165, 1.54) is 6.92 Å². The molecule has 15 heteroatoms. The van der Waals surface area contributed by atoms with E-state index in [-0.39, 0.29) is 43.6 Å². The minimum atomic E-state index is -1.80. The van der Waals surface area contributed by atoms with E-state index in [4.69, 9.17) is 33.2 Å². The molecular formula is C43H81N3O12. The van der Waals surface area contributed by atoms with E-state index in [1.807, 2.05) is 60.5 Å². The summed E-state index contributed by atoms with van der Waals surface area (Å²) in [6.07, 6.45) is -5.99. The molecule has 0 aromatic heterocycles. The predicted molar refractivity (Wildman–Crippen MR) is 219 cm³/mol. The van der Waals surface area contributed by atoms with E-state index in [2.05, 4.69) is 17.1 Å². The van der Waals surface area contributed by atoms with Gasteiger partial charge in [-0.1, -0.05) is 27.7 Å². The van der Waals surface area contributed by atoms with Gasteiger partial charge >= 0.3 is 5.97 Å². The molecule has 0 amide bonds. The Labute approximate surface area is 348 Å². The van der Waals surface area contributed by atoms with E-state index < -0.39 is 95.5 Å². The Balaban J connectivity index is 1.80. The van der Waals surface area contributed by atoms with Crippen molar-refractivity contribution in [3.63, 3.8) is 0 Å². The number of methoxy groups -OCH3 is 1. The highest BCUT2D eigenvalue weighted by Gasteiger charge is 2.64. The molecule has 4 aliphatic rings. The number of esters is 1. The minimum absolute atomic E-state index is 0.147. The molecule has 0 saturated carbocycles. The van der Waals surface area contributed by atoms with Crippen LogP contribution in [0.2, 0.25) is 0 Å². The molecule has 4 rings (SSSR count). The average molecular weight is 832 g/mol. The van der Waals surface area contributed by atoms with Crippen molar-refractivity contribution in [2.75, 3.05) is 40.8 Å². The summed E-state index contributed by atoms with van der Waals surface area (Å²) in [7, 11) is 5.47. The van der Waals surface area contributed by atoms with Crippen molar-refractivity contribution in [3.8, 4) is 0 Å². The van der Waals surface area contributed by atoms with Crippen LogP contribution < -0.4 is 5.32 Å². The first kappa shape index (κ1) is 49.6. The zero-order valence-corrected chi connectivity index (χ0v) is 38.3. The van der Waals surface area contributed by atoms with E-state index in [9.17, 15) is 25.2 Å². The number of hydrogen-bond donors (Lipinski definition) is 5. The predicted octanol–water partition coefficient (Wildman–Crippen LogP) is 3.02. The lowest BCUT2D eigenvalue weighted by Gasteiger charge is -2.54. The lowest BCUT2D eigenvalue weighted by molar-refractivity contribution is -0.338. The molecule has 0 bridgehead atoms. The number of carbonyl (C=O) groups is 1. The summed E-state index contributed by atoms with van der Waals surface area (Å²) in [5, 5.41) is 50.7. The Hall–Kier alpha value is -1.05. The number of cyclic esters (lactones) is 1. The summed E-state index contributed by atoms with van der Waals surface area (Å²) in [5.41, 5.74) is -5.02. The highest BCUT2D eigenvalue weighted by molar-refractivity contribution is 5.73. The van der Waals surface area contributed by atoms with Crippen LogP contribution in [0.15, 0.2) is 0 Å². The highest BCUT2D eigenvalue weighted by Crippen LogP contribution is 2.48. The molecule has 0 aromatic rings. The average Bonchev–Trinajstić information content (AvgIpc) is 3.49. The zero-order chi connectivity index (χ0) is 43.7. The van der Waals surface area contributed by atoms with Crippen molar-refractivity contribution < 1.29 is 58.4 Å². The summed E-state index contributed by atoms with van der Waals surface area (Å²) >= 11 is 0. The standard InChI is InChI=1S/C43H81N3O12/c1-16-18-46-23-43(58-30(46)9)29(8)54-33(21-41(43,11)52-15)56-35-26(5)37(57-39-34(47)31(45(13)14)19-25(4)53-39)40(10,50)20-24(3)22-44-28(7)36(48)42(12,51)32(17-2)55-38(49)27(35)6/h24-37,39,44,47-48,50-51H,16-23H2,1-15H3/t24-,25-,26+,27-,28+,29+,30?,31+,32+,33?,34-,35-,36-,37-,39+,40+,41-,42-,43?/m1/s1. The van der Waals surface area contributed by atoms with Crippen LogP contribution in [0.1, 0.15) is 115 Å². The van der Waals surface area contributed by atoms with Crippen molar-refractivity contribution in [2.45, 2.75) is 211 Å². The number of nitrogens with one attached hydrogen (secondary N) is 1. The van der Waals surface area contributed by atoms with Gasteiger partial charge in [-0.15, -0.1) is 0 Å². The molecule has 0 aromatic carbocycles. The molecule has 19 atom stereocenters. The molecular weight excluding hydrogens is 750 g/mol. The van der Waals surface area contributed by atoms with Gasteiger partial charge in [-0.25, -0.2) is 0 Å². The van der Waals surface area contributed by atoms with Crippen molar-refractivity contribution in [3.05, 3.63) is 0 Å². The maximum absolute atomic E-state index is 14.4. The molecule has 4 heterocycles. The summed E-state index contributed by atoms with van der Waals surface area (Å²) in [6, 6.07) is -0.850. The van der Waals surface area contributed by atoms with Gasteiger partial charge in [0.25, 0.3) is 0 Å². The van der Waals surface area contributed by atoms with Gasteiger partial charge in [-0.3, -0.25) is 9.69 Å². The van der Waals surface area contributed by atoms with Crippen molar-refractivity contribution in [2.24, 2.45) is 17.8 Å². The Bertz CT molecular complexity index is 1330. The number of aliphatic hydroxyl groups excluding tert-OH is 2. The third kappa shape index (κ3) is 10.2. The maximum Gasteiger partial charge on any atom is 0.311 e. The number of ether oxygens (including phenoxy) is 7. The quantitative estimate of drug-likeness (QED) is 0.214. The molecule has 58 heavy (non-hydrogen) atoms. The molecule has 1 spiro atoms. The minimum Gasteiger partial charge on any atom is -0.459 e. The molecule has 0 aliphatic carbocycles. The van der Waals surface area contributed by atoms with Gasteiger partial charge in [0.05, 0.1) is 35.9 Å². The van der Waals surface area contributed by atoms with Crippen molar-refractivity contribution in [1.82, 2.24) is 15.1 Å². The van der Waals surface area contributed by atoms with E-state index in [0.717, 1.165) is 13.0 Å². The smallest absolute Gasteiger partial charge is 0.311 e. The number of rotatable bonds is 9. The van der Waals surface area contributed by atoms with Crippen LogP contribution in [-0.4, -0.2) is 173 Å². The number of aliphatic hydroxyl groups is 4. The Kier molecular flexibility index (Phi) is 16.7. The highest BCUT2D eigenvalue weighted by atomic mass is 16.7. The maximum atomic E-state index is 14.4. The monoisotopic (exact) mass is 832 g/mol. The normalized spacial score (nSPS) is 49.4. The zero-order valence-electron chi connectivity index (χ0n) is 38.3. The van der Waals surface area contributed by atoms with Gasteiger partial charge < -0.3 is 63.8 Å². The number of carbonyl (C=O) groups excluding carboxylic acids is 1. The fraction of sp³-hybridized carbons (Fsp3) is 0.977.